The zero-order chi connectivity index (χ0) is 24.7. The van der Waals surface area contributed by atoms with Crippen molar-refractivity contribution in [3.8, 4) is 0 Å². The van der Waals surface area contributed by atoms with E-state index in [1.54, 1.807) is 30.0 Å². The minimum absolute atomic E-state index is 0.0443. The zero-order valence-corrected chi connectivity index (χ0v) is 21.2. The summed E-state index contributed by atoms with van der Waals surface area (Å²) in [5.74, 6) is -0.526. The SMILES string of the molecule is CC(C)NC(=O)C(C)N(Cc1c(Cl)cccc1Cl)C(=O)CC(c1ccccc1)c1ccccc1. The molecule has 0 aliphatic carbocycles. The van der Waals surface area contributed by atoms with Crippen LogP contribution in [0.1, 0.15) is 49.8 Å². The second-order valence-corrected chi connectivity index (χ2v) is 9.45. The summed E-state index contributed by atoms with van der Waals surface area (Å²) in [5, 5.41) is 3.84. The number of nitrogens with one attached hydrogen (secondary N) is 1. The van der Waals surface area contributed by atoms with Crippen LogP contribution < -0.4 is 5.32 Å². The van der Waals surface area contributed by atoms with Crippen molar-refractivity contribution in [3.05, 3.63) is 106 Å². The first-order valence-electron chi connectivity index (χ1n) is 11.4. The molecule has 1 unspecified atom stereocenters. The number of hydrogen-bond acceptors (Lipinski definition) is 2. The quantitative estimate of drug-likeness (QED) is 0.369. The maximum Gasteiger partial charge on any atom is 0.242 e. The van der Waals surface area contributed by atoms with Gasteiger partial charge in [0, 0.05) is 40.5 Å². The van der Waals surface area contributed by atoms with E-state index >= 15 is 0 Å². The lowest BCUT2D eigenvalue weighted by Gasteiger charge is -2.31. The van der Waals surface area contributed by atoms with Gasteiger partial charge in [0.2, 0.25) is 11.8 Å². The molecule has 0 aliphatic heterocycles. The zero-order valence-electron chi connectivity index (χ0n) is 19.7. The number of amides is 2. The Morgan fingerprint density at radius 3 is 1.76 bits per heavy atom. The summed E-state index contributed by atoms with van der Waals surface area (Å²) in [6, 6.07) is 24.4. The fraction of sp³-hybridized carbons (Fsp3) is 0.286. The highest BCUT2D eigenvalue weighted by Crippen LogP contribution is 2.31. The van der Waals surface area contributed by atoms with E-state index in [0.717, 1.165) is 11.1 Å². The topological polar surface area (TPSA) is 49.4 Å². The van der Waals surface area contributed by atoms with Crippen LogP contribution >= 0.6 is 23.2 Å². The van der Waals surface area contributed by atoms with E-state index in [2.05, 4.69) is 5.32 Å². The van der Waals surface area contributed by atoms with Gasteiger partial charge in [-0.2, -0.15) is 0 Å². The normalized spacial score (nSPS) is 12.0. The maximum absolute atomic E-state index is 13.8. The molecule has 0 fully saturated rings. The summed E-state index contributed by atoms with van der Waals surface area (Å²) < 4.78 is 0. The summed E-state index contributed by atoms with van der Waals surface area (Å²) in [6.45, 7) is 5.66. The molecular weight excluding hydrogens is 467 g/mol. The standard InChI is InChI=1S/C28H30Cl2N2O2/c1-19(2)31-28(34)20(3)32(18-24-25(29)15-10-16-26(24)30)27(33)17-23(21-11-6-4-7-12-21)22-13-8-5-9-14-22/h4-16,19-20,23H,17-18H2,1-3H3,(H,31,34). The van der Waals surface area contributed by atoms with Gasteiger partial charge in [-0.15, -0.1) is 0 Å². The van der Waals surface area contributed by atoms with E-state index < -0.39 is 6.04 Å². The second-order valence-electron chi connectivity index (χ2n) is 8.64. The minimum Gasteiger partial charge on any atom is -0.352 e. The third kappa shape index (κ3) is 6.62. The van der Waals surface area contributed by atoms with E-state index in [-0.39, 0.29) is 36.7 Å². The van der Waals surface area contributed by atoms with Crippen LogP contribution in [-0.2, 0) is 16.1 Å². The van der Waals surface area contributed by atoms with Gasteiger partial charge in [-0.25, -0.2) is 0 Å². The van der Waals surface area contributed by atoms with Gasteiger partial charge >= 0.3 is 0 Å². The molecule has 0 radical (unpaired) electrons. The molecule has 3 aromatic rings. The Kier molecular flexibility index (Phi) is 9.14. The molecule has 1 atom stereocenters. The van der Waals surface area contributed by atoms with Crippen LogP contribution in [0.25, 0.3) is 0 Å². The smallest absolute Gasteiger partial charge is 0.242 e. The predicted octanol–water partition coefficient (Wildman–Crippen LogP) is 6.46. The van der Waals surface area contributed by atoms with E-state index in [4.69, 9.17) is 23.2 Å². The monoisotopic (exact) mass is 496 g/mol. The van der Waals surface area contributed by atoms with Crippen LogP contribution in [0.3, 0.4) is 0 Å². The van der Waals surface area contributed by atoms with Crippen molar-refractivity contribution in [1.29, 1.82) is 0 Å². The molecule has 34 heavy (non-hydrogen) atoms. The van der Waals surface area contributed by atoms with E-state index in [1.807, 2.05) is 74.5 Å². The fourth-order valence-corrected chi connectivity index (χ4v) is 4.45. The van der Waals surface area contributed by atoms with E-state index in [0.29, 0.717) is 15.6 Å². The highest BCUT2D eigenvalue weighted by atomic mass is 35.5. The Hall–Kier alpha value is -2.82. The third-order valence-electron chi connectivity index (χ3n) is 5.77. The molecule has 0 aromatic heterocycles. The number of rotatable bonds is 9. The lowest BCUT2D eigenvalue weighted by atomic mass is 9.88. The Morgan fingerprint density at radius 1 is 0.794 bits per heavy atom. The molecule has 3 aromatic carbocycles. The number of benzene rings is 3. The Labute approximate surface area is 211 Å². The van der Waals surface area contributed by atoms with Crippen molar-refractivity contribution in [2.24, 2.45) is 0 Å². The number of hydrogen-bond donors (Lipinski definition) is 1. The molecule has 0 heterocycles. The first-order chi connectivity index (χ1) is 16.3. The van der Waals surface area contributed by atoms with Crippen molar-refractivity contribution >= 4 is 35.0 Å². The summed E-state index contributed by atoms with van der Waals surface area (Å²) in [7, 11) is 0. The first-order valence-corrected chi connectivity index (χ1v) is 12.2. The summed E-state index contributed by atoms with van der Waals surface area (Å²) >= 11 is 12.8. The third-order valence-corrected chi connectivity index (χ3v) is 6.48. The molecule has 1 N–H and O–H groups in total. The number of nitrogens with zero attached hydrogens (tertiary/aromatic N) is 1. The number of carbonyl (C=O) groups is 2. The number of carbonyl (C=O) groups excluding carboxylic acids is 2. The summed E-state index contributed by atoms with van der Waals surface area (Å²) in [6.07, 6.45) is 0.204. The molecule has 4 nitrogen and oxygen atoms in total. The van der Waals surface area contributed by atoms with Crippen LogP contribution in [0.15, 0.2) is 78.9 Å². The van der Waals surface area contributed by atoms with Gasteiger partial charge in [-0.1, -0.05) is 89.9 Å². The molecule has 0 aliphatic rings. The Morgan fingerprint density at radius 2 is 1.29 bits per heavy atom. The molecule has 3 rings (SSSR count). The molecule has 0 bridgehead atoms. The first kappa shape index (κ1) is 25.8. The van der Waals surface area contributed by atoms with Crippen LogP contribution in [0.5, 0.6) is 0 Å². The van der Waals surface area contributed by atoms with Crippen molar-refractivity contribution in [1.82, 2.24) is 10.2 Å². The molecule has 178 valence electrons. The van der Waals surface area contributed by atoms with Gasteiger partial charge in [-0.3, -0.25) is 9.59 Å². The van der Waals surface area contributed by atoms with Crippen LogP contribution in [0, 0.1) is 0 Å². The van der Waals surface area contributed by atoms with Crippen LogP contribution in [0.4, 0.5) is 0 Å². The average Bonchev–Trinajstić information content (AvgIpc) is 2.82. The second kappa shape index (κ2) is 12.0. The van der Waals surface area contributed by atoms with E-state index in [9.17, 15) is 9.59 Å². The van der Waals surface area contributed by atoms with Crippen molar-refractivity contribution < 1.29 is 9.59 Å². The molecule has 0 saturated carbocycles. The Bertz CT molecular complexity index is 1040. The van der Waals surface area contributed by atoms with Gasteiger partial charge in [0.15, 0.2) is 0 Å². The Balaban J connectivity index is 1.96. The van der Waals surface area contributed by atoms with Crippen molar-refractivity contribution in [2.75, 3.05) is 0 Å². The van der Waals surface area contributed by atoms with Crippen molar-refractivity contribution in [3.63, 3.8) is 0 Å². The molecule has 2 amide bonds. The van der Waals surface area contributed by atoms with Gasteiger partial charge in [0.25, 0.3) is 0 Å². The average molecular weight is 497 g/mol. The van der Waals surface area contributed by atoms with Crippen molar-refractivity contribution in [2.45, 2.75) is 51.7 Å². The predicted molar refractivity (Wildman–Crippen MR) is 139 cm³/mol. The van der Waals surface area contributed by atoms with E-state index in [1.165, 1.54) is 0 Å². The van der Waals surface area contributed by atoms with Crippen LogP contribution in [-0.4, -0.2) is 28.8 Å². The fourth-order valence-electron chi connectivity index (χ4n) is 3.93. The molecule has 0 saturated heterocycles. The molecule has 6 heteroatoms. The number of halogens is 2. The highest BCUT2D eigenvalue weighted by molar-refractivity contribution is 6.36. The summed E-state index contributed by atoms with van der Waals surface area (Å²) in [4.78, 5) is 28.3. The van der Waals surface area contributed by atoms with Gasteiger partial charge < -0.3 is 10.2 Å². The van der Waals surface area contributed by atoms with Crippen LogP contribution in [0.2, 0.25) is 10.0 Å². The lowest BCUT2D eigenvalue weighted by molar-refractivity contribution is -0.141. The van der Waals surface area contributed by atoms with Gasteiger partial charge in [-0.05, 0) is 44.0 Å². The van der Waals surface area contributed by atoms with Gasteiger partial charge in [0.1, 0.15) is 6.04 Å². The van der Waals surface area contributed by atoms with Gasteiger partial charge in [0.05, 0.1) is 0 Å². The maximum atomic E-state index is 13.8. The largest absolute Gasteiger partial charge is 0.352 e. The molecular formula is C28H30Cl2N2O2. The molecule has 0 spiro atoms. The minimum atomic E-state index is -0.700. The lowest BCUT2D eigenvalue weighted by Crippen LogP contribution is -2.49. The highest BCUT2D eigenvalue weighted by Gasteiger charge is 2.30. The summed E-state index contributed by atoms with van der Waals surface area (Å²) in [5.41, 5.74) is 2.70.